The van der Waals surface area contributed by atoms with Crippen molar-refractivity contribution < 1.29 is 14.3 Å². The maximum absolute atomic E-state index is 11.9. The zero-order chi connectivity index (χ0) is 15.8. The number of carbonyl (C=O) groups is 1. The molecule has 0 aromatic heterocycles. The lowest BCUT2D eigenvalue weighted by Gasteiger charge is -2.23. The number of piperidine rings is 1. The Balaban J connectivity index is 1.74. The van der Waals surface area contributed by atoms with E-state index in [2.05, 4.69) is 10.6 Å². The van der Waals surface area contributed by atoms with Gasteiger partial charge < -0.3 is 20.1 Å². The smallest absolute Gasteiger partial charge is 0.221 e. The van der Waals surface area contributed by atoms with Crippen LogP contribution >= 0.6 is 11.8 Å². The molecule has 1 heterocycles. The van der Waals surface area contributed by atoms with E-state index in [1.807, 2.05) is 18.2 Å². The van der Waals surface area contributed by atoms with Gasteiger partial charge in [-0.3, -0.25) is 4.79 Å². The van der Waals surface area contributed by atoms with Crippen LogP contribution in [0.3, 0.4) is 0 Å². The van der Waals surface area contributed by atoms with Crippen LogP contribution in [0.25, 0.3) is 0 Å². The van der Waals surface area contributed by atoms with Crippen LogP contribution in [0.15, 0.2) is 23.1 Å². The van der Waals surface area contributed by atoms with E-state index < -0.39 is 0 Å². The minimum absolute atomic E-state index is 0.139. The fourth-order valence-corrected chi connectivity index (χ4v) is 3.31. The molecule has 0 bridgehead atoms. The maximum atomic E-state index is 11.9. The van der Waals surface area contributed by atoms with E-state index in [0.717, 1.165) is 42.3 Å². The standard InChI is InChI=1S/C16H24N2O3S/c1-20-14-4-3-13(11-15(14)21-2)22-10-7-16(19)18-12-5-8-17-9-6-12/h3-4,11-12,17H,5-10H2,1-2H3,(H,18,19). The van der Waals surface area contributed by atoms with Crippen LogP contribution in [0.1, 0.15) is 19.3 Å². The highest BCUT2D eigenvalue weighted by Gasteiger charge is 2.15. The van der Waals surface area contributed by atoms with Crippen molar-refractivity contribution in [1.82, 2.24) is 10.6 Å². The Bertz CT molecular complexity index is 490. The van der Waals surface area contributed by atoms with Crippen LogP contribution < -0.4 is 20.1 Å². The molecule has 0 unspecified atom stereocenters. The lowest BCUT2D eigenvalue weighted by atomic mass is 10.1. The topological polar surface area (TPSA) is 59.6 Å². The van der Waals surface area contributed by atoms with E-state index in [9.17, 15) is 4.79 Å². The maximum Gasteiger partial charge on any atom is 0.221 e. The molecule has 0 radical (unpaired) electrons. The molecule has 1 saturated heterocycles. The zero-order valence-electron chi connectivity index (χ0n) is 13.2. The molecule has 0 aliphatic carbocycles. The van der Waals surface area contributed by atoms with Gasteiger partial charge in [0, 0.05) is 23.1 Å². The molecule has 1 fully saturated rings. The molecule has 1 aromatic rings. The Morgan fingerprint density at radius 2 is 2.00 bits per heavy atom. The van der Waals surface area contributed by atoms with Crippen molar-refractivity contribution in [2.24, 2.45) is 0 Å². The lowest BCUT2D eigenvalue weighted by Crippen LogP contribution is -2.42. The molecule has 1 aliphatic heterocycles. The van der Waals surface area contributed by atoms with Crippen molar-refractivity contribution in [2.45, 2.75) is 30.2 Å². The highest BCUT2D eigenvalue weighted by atomic mass is 32.2. The quantitative estimate of drug-likeness (QED) is 0.752. The average molecular weight is 324 g/mol. The van der Waals surface area contributed by atoms with Crippen LogP contribution in [0.2, 0.25) is 0 Å². The summed E-state index contributed by atoms with van der Waals surface area (Å²) in [4.78, 5) is 13.0. The van der Waals surface area contributed by atoms with E-state index in [1.165, 1.54) is 0 Å². The minimum atomic E-state index is 0.139. The van der Waals surface area contributed by atoms with Crippen molar-refractivity contribution in [3.63, 3.8) is 0 Å². The zero-order valence-corrected chi connectivity index (χ0v) is 14.0. The molecule has 0 atom stereocenters. The van der Waals surface area contributed by atoms with Gasteiger partial charge in [-0.2, -0.15) is 0 Å². The number of amides is 1. The Hall–Kier alpha value is -1.40. The van der Waals surface area contributed by atoms with Gasteiger partial charge >= 0.3 is 0 Å². The van der Waals surface area contributed by atoms with Gasteiger partial charge in [-0.25, -0.2) is 0 Å². The number of rotatable bonds is 7. The third kappa shape index (κ3) is 5.10. The van der Waals surface area contributed by atoms with Gasteiger partial charge in [0.25, 0.3) is 0 Å². The summed E-state index contributed by atoms with van der Waals surface area (Å²) >= 11 is 1.65. The molecule has 2 N–H and O–H groups in total. The first-order valence-electron chi connectivity index (χ1n) is 7.58. The number of hydrogen-bond acceptors (Lipinski definition) is 5. The number of carbonyl (C=O) groups excluding carboxylic acids is 1. The number of nitrogens with one attached hydrogen (secondary N) is 2. The normalized spacial score (nSPS) is 15.4. The Labute approximate surface area is 136 Å². The molecule has 122 valence electrons. The molecule has 6 heteroatoms. The minimum Gasteiger partial charge on any atom is -0.493 e. The highest BCUT2D eigenvalue weighted by Crippen LogP contribution is 2.31. The van der Waals surface area contributed by atoms with Gasteiger partial charge in [-0.05, 0) is 44.1 Å². The van der Waals surface area contributed by atoms with E-state index >= 15 is 0 Å². The van der Waals surface area contributed by atoms with E-state index in [1.54, 1.807) is 26.0 Å². The first-order valence-corrected chi connectivity index (χ1v) is 8.56. The monoisotopic (exact) mass is 324 g/mol. The van der Waals surface area contributed by atoms with Gasteiger partial charge in [-0.1, -0.05) is 0 Å². The second-order valence-corrected chi connectivity index (χ2v) is 6.38. The number of benzene rings is 1. The number of thioether (sulfide) groups is 1. The number of hydrogen-bond donors (Lipinski definition) is 2. The SMILES string of the molecule is COc1ccc(SCCC(=O)NC2CCNCC2)cc1OC. The van der Waals surface area contributed by atoms with Crippen LogP contribution in [-0.2, 0) is 4.79 Å². The summed E-state index contributed by atoms with van der Waals surface area (Å²) in [6.45, 7) is 1.98. The predicted molar refractivity (Wildman–Crippen MR) is 88.9 cm³/mol. The van der Waals surface area contributed by atoms with Crippen molar-refractivity contribution >= 4 is 17.7 Å². The van der Waals surface area contributed by atoms with Crippen molar-refractivity contribution in [2.75, 3.05) is 33.1 Å². The Morgan fingerprint density at radius 3 is 2.68 bits per heavy atom. The van der Waals surface area contributed by atoms with Gasteiger partial charge in [0.2, 0.25) is 5.91 Å². The third-order valence-electron chi connectivity index (χ3n) is 3.66. The third-order valence-corrected chi connectivity index (χ3v) is 4.65. The van der Waals surface area contributed by atoms with E-state index in [0.29, 0.717) is 18.2 Å². The van der Waals surface area contributed by atoms with Crippen LogP contribution in [0.4, 0.5) is 0 Å². The molecule has 1 aliphatic rings. The Morgan fingerprint density at radius 1 is 1.27 bits per heavy atom. The van der Waals surface area contributed by atoms with E-state index in [-0.39, 0.29) is 5.91 Å². The van der Waals surface area contributed by atoms with Gasteiger partial charge in [0.05, 0.1) is 14.2 Å². The van der Waals surface area contributed by atoms with Crippen molar-refractivity contribution in [3.05, 3.63) is 18.2 Å². The summed E-state index contributed by atoms with van der Waals surface area (Å²) < 4.78 is 10.5. The predicted octanol–water partition coefficient (Wildman–Crippen LogP) is 2.05. The van der Waals surface area contributed by atoms with E-state index in [4.69, 9.17) is 9.47 Å². The Kier molecular flexibility index (Phi) is 6.86. The lowest BCUT2D eigenvalue weighted by molar-refractivity contribution is -0.121. The first-order chi connectivity index (χ1) is 10.7. The van der Waals surface area contributed by atoms with Crippen molar-refractivity contribution in [3.8, 4) is 11.5 Å². The summed E-state index contributed by atoms with van der Waals surface area (Å²) in [7, 11) is 3.24. The molecule has 1 aromatic carbocycles. The summed E-state index contributed by atoms with van der Waals surface area (Å²) in [5.41, 5.74) is 0. The average Bonchev–Trinajstić information content (AvgIpc) is 2.55. The molecule has 0 saturated carbocycles. The summed E-state index contributed by atoms with van der Waals surface area (Å²) in [6.07, 6.45) is 2.58. The molecular formula is C16H24N2O3S. The summed E-state index contributed by atoms with van der Waals surface area (Å²) in [5, 5.41) is 6.40. The molecule has 5 nitrogen and oxygen atoms in total. The van der Waals surface area contributed by atoms with Gasteiger partial charge in [-0.15, -0.1) is 11.8 Å². The van der Waals surface area contributed by atoms with Crippen LogP contribution in [0.5, 0.6) is 11.5 Å². The molecule has 2 rings (SSSR count). The second kappa shape index (κ2) is 8.90. The van der Waals surface area contributed by atoms with Crippen LogP contribution in [0, 0.1) is 0 Å². The fourth-order valence-electron chi connectivity index (χ4n) is 2.43. The molecule has 22 heavy (non-hydrogen) atoms. The molecule has 1 amide bonds. The van der Waals surface area contributed by atoms with Crippen molar-refractivity contribution in [1.29, 1.82) is 0 Å². The fraction of sp³-hybridized carbons (Fsp3) is 0.562. The van der Waals surface area contributed by atoms with Gasteiger partial charge in [0.1, 0.15) is 0 Å². The second-order valence-electron chi connectivity index (χ2n) is 5.21. The number of methoxy groups -OCH3 is 2. The summed E-state index contributed by atoms with van der Waals surface area (Å²) in [5.74, 6) is 2.33. The molecule has 0 spiro atoms. The highest BCUT2D eigenvalue weighted by molar-refractivity contribution is 7.99. The largest absolute Gasteiger partial charge is 0.493 e. The van der Waals surface area contributed by atoms with Crippen LogP contribution in [-0.4, -0.2) is 45.0 Å². The molecular weight excluding hydrogens is 300 g/mol. The number of ether oxygens (including phenoxy) is 2. The first kappa shape index (κ1) is 17.0. The summed E-state index contributed by atoms with van der Waals surface area (Å²) in [6, 6.07) is 6.14. The van der Waals surface area contributed by atoms with Gasteiger partial charge in [0.15, 0.2) is 11.5 Å².